The van der Waals surface area contributed by atoms with Crippen LogP contribution in [0.2, 0.25) is 0 Å². The molecule has 3 heterocycles. The van der Waals surface area contributed by atoms with Crippen molar-refractivity contribution in [3.05, 3.63) is 18.6 Å². The molecule has 0 unspecified atom stereocenters. The van der Waals surface area contributed by atoms with Gasteiger partial charge in [0.1, 0.15) is 12.1 Å². The molecule has 116 valence electrons. The summed E-state index contributed by atoms with van der Waals surface area (Å²) in [7, 11) is 0. The molecule has 0 saturated carbocycles. The third-order valence-electron chi connectivity index (χ3n) is 4.58. The second-order valence-electron chi connectivity index (χ2n) is 6.46. The van der Waals surface area contributed by atoms with E-state index in [2.05, 4.69) is 28.7 Å². The van der Waals surface area contributed by atoms with Crippen molar-refractivity contribution < 1.29 is 9.47 Å². The summed E-state index contributed by atoms with van der Waals surface area (Å²) in [6.45, 7) is 7.81. The maximum absolute atomic E-state index is 6.06. The number of ether oxygens (including phenoxy) is 2. The minimum Gasteiger partial charge on any atom is -0.378 e. The first-order valence-corrected chi connectivity index (χ1v) is 7.94. The molecular formula is C16H25N3O2. The van der Waals surface area contributed by atoms with Crippen molar-refractivity contribution in [2.45, 2.75) is 45.3 Å². The van der Waals surface area contributed by atoms with Gasteiger partial charge in [0.15, 0.2) is 0 Å². The lowest BCUT2D eigenvalue weighted by Crippen LogP contribution is -2.57. The van der Waals surface area contributed by atoms with Gasteiger partial charge in [0, 0.05) is 31.3 Å². The van der Waals surface area contributed by atoms with Crippen molar-refractivity contribution in [3.63, 3.8) is 0 Å². The Kier molecular flexibility index (Phi) is 4.40. The van der Waals surface area contributed by atoms with Crippen LogP contribution in [0.3, 0.4) is 0 Å². The zero-order chi connectivity index (χ0) is 14.7. The van der Waals surface area contributed by atoms with E-state index < -0.39 is 0 Å². The highest BCUT2D eigenvalue weighted by Crippen LogP contribution is 2.41. The summed E-state index contributed by atoms with van der Waals surface area (Å²) < 4.78 is 12.0. The summed E-state index contributed by atoms with van der Waals surface area (Å²) in [5.41, 5.74) is 0.103. The van der Waals surface area contributed by atoms with Crippen molar-refractivity contribution in [2.24, 2.45) is 5.41 Å². The van der Waals surface area contributed by atoms with Gasteiger partial charge in [-0.3, -0.25) is 0 Å². The largest absolute Gasteiger partial charge is 0.378 e. The molecule has 5 nitrogen and oxygen atoms in total. The van der Waals surface area contributed by atoms with E-state index in [1.165, 1.54) is 6.42 Å². The molecule has 2 saturated heterocycles. The minimum atomic E-state index is 0.103. The van der Waals surface area contributed by atoms with Crippen LogP contribution in [0.15, 0.2) is 18.6 Å². The Hall–Kier alpha value is -1.20. The number of piperidine rings is 1. The minimum absolute atomic E-state index is 0.103. The van der Waals surface area contributed by atoms with E-state index in [-0.39, 0.29) is 11.5 Å². The van der Waals surface area contributed by atoms with Crippen molar-refractivity contribution in [3.8, 4) is 0 Å². The van der Waals surface area contributed by atoms with Crippen LogP contribution >= 0.6 is 0 Å². The topological polar surface area (TPSA) is 47.5 Å². The van der Waals surface area contributed by atoms with Crippen LogP contribution in [-0.4, -0.2) is 48.5 Å². The average molecular weight is 291 g/mol. The summed E-state index contributed by atoms with van der Waals surface area (Å²) >= 11 is 0. The summed E-state index contributed by atoms with van der Waals surface area (Å²) in [5, 5.41) is 0. The molecule has 2 fully saturated rings. The maximum Gasteiger partial charge on any atom is 0.131 e. The van der Waals surface area contributed by atoms with Gasteiger partial charge in [-0.15, -0.1) is 0 Å². The molecule has 0 amide bonds. The first-order valence-electron chi connectivity index (χ1n) is 7.94. The number of rotatable bonds is 4. The second-order valence-corrected chi connectivity index (χ2v) is 6.46. The molecule has 1 aromatic rings. The van der Waals surface area contributed by atoms with Gasteiger partial charge in [0.2, 0.25) is 0 Å². The fourth-order valence-corrected chi connectivity index (χ4v) is 3.50. The molecule has 3 rings (SSSR count). The summed E-state index contributed by atoms with van der Waals surface area (Å²) in [4.78, 5) is 10.8. The summed E-state index contributed by atoms with van der Waals surface area (Å²) in [6.07, 6.45) is 7.35. The Bertz CT molecular complexity index is 454. The molecule has 2 aliphatic heterocycles. The van der Waals surface area contributed by atoms with Crippen LogP contribution in [0.1, 0.15) is 33.1 Å². The molecule has 0 spiro atoms. The van der Waals surface area contributed by atoms with Gasteiger partial charge in [-0.25, -0.2) is 9.97 Å². The standard InChI is InChI=1S/C16H25N3O2/c1-13(2)21-11-16-6-3-9-20-14(16)5-8-19(10-16)15-4-7-17-12-18-15/h4,7,12-14H,3,5-6,8-11H2,1-2H3/t14-,16+/m0/s1. The number of aromatic nitrogens is 2. The van der Waals surface area contributed by atoms with E-state index >= 15 is 0 Å². The molecule has 1 aromatic heterocycles. The van der Waals surface area contributed by atoms with E-state index in [1.54, 1.807) is 6.33 Å². The molecule has 0 aliphatic carbocycles. The Balaban J connectivity index is 1.77. The molecular weight excluding hydrogens is 266 g/mol. The van der Waals surface area contributed by atoms with Gasteiger partial charge in [0.05, 0.1) is 18.8 Å². The van der Waals surface area contributed by atoms with Crippen LogP contribution < -0.4 is 4.90 Å². The van der Waals surface area contributed by atoms with Crippen molar-refractivity contribution >= 4 is 5.82 Å². The maximum atomic E-state index is 6.06. The van der Waals surface area contributed by atoms with Crippen LogP contribution in [0, 0.1) is 5.41 Å². The molecule has 0 N–H and O–H groups in total. The van der Waals surface area contributed by atoms with Crippen molar-refractivity contribution in [1.29, 1.82) is 0 Å². The molecule has 0 bridgehead atoms. The molecule has 0 radical (unpaired) electrons. The van der Waals surface area contributed by atoms with Crippen LogP contribution in [-0.2, 0) is 9.47 Å². The fraction of sp³-hybridized carbons (Fsp3) is 0.750. The van der Waals surface area contributed by atoms with Gasteiger partial charge in [-0.1, -0.05) is 0 Å². The van der Waals surface area contributed by atoms with E-state index in [1.807, 2.05) is 12.3 Å². The van der Waals surface area contributed by atoms with Crippen molar-refractivity contribution in [1.82, 2.24) is 9.97 Å². The van der Waals surface area contributed by atoms with E-state index in [0.29, 0.717) is 6.10 Å². The quantitative estimate of drug-likeness (QED) is 0.851. The fourth-order valence-electron chi connectivity index (χ4n) is 3.50. The monoisotopic (exact) mass is 291 g/mol. The number of hydrogen-bond donors (Lipinski definition) is 0. The number of hydrogen-bond acceptors (Lipinski definition) is 5. The Morgan fingerprint density at radius 1 is 1.52 bits per heavy atom. The zero-order valence-corrected chi connectivity index (χ0v) is 13.0. The summed E-state index contributed by atoms with van der Waals surface area (Å²) in [5.74, 6) is 1.01. The smallest absolute Gasteiger partial charge is 0.131 e. The van der Waals surface area contributed by atoms with Gasteiger partial charge >= 0.3 is 0 Å². The lowest BCUT2D eigenvalue weighted by atomic mass is 9.73. The number of nitrogens with zero attached hydrogens (tertiary/aromatic N) is 3. The Morgan fingerprint density at radius 3 is 3.19 bits per heavy atom. The predicted molar refractivity (Wildman–Crippen MR) is 81.4 cm³/mol. The van der Waals surface area contributed by atoms with Crippen LogP contribution in [0.25, 0.3) is 0 Å². The van der Waals surface area contributed by atoms with Gasteiger partial charge in [-0.05, 0) is 39.2 Å². The third kappa shape index (κ3) is 3.19. The lowest BCUT2D eigenvalue weighted by Gasteiger charge is -2.50. The third-order valence-corrected chi connectivity index (χ3v) is 4.58. The van der Waals surface area contributed by atoms with E-state index in [9.17, 15) is 0 Å². The molecule has 5 heteroatoms. The molecule has 2 aliphatic rings. The van der Waals surface area contributed by atoms with Gasteiger partial charge in [-0.2, -0.15) is 0 Å². The SMILES string of the molecule is CC(C)OC[C@]12CCCO[C@H]1CCN(c1ccncn1)C2. The van der Waals surface area contributed by atoms with Crippen LogP contribution in [0.4, 0.5) is 5.82 Å². The number of anilines is 1. The highest BCUT2D eigenvalue weighted by Gasteiger charge is 2.46. The van der Waals surface area contributed by atoms with Crippen molar-refractivity contribution in [2.75, 3.05) is 31.2 Å². The van der Waals surface area contributed by atoms with E-state index in [4.69, 9.17) is 9.47 Å². The second kappa shape index (κ2) is 6.28. The van der Waals surface area contributed by atoms with Crippen LogP contribution in [0.5, 0.6) is 0 Å². The Labute approximate surface area is 126 Å². The van der Waals surface area contributed by atoms with Gasteiger partial charge in [0.25, 0.3) is 0 Å². The lowest BCUT2D eigenvalue weighted by molar-refractivity contribution is -0.132. The molecule has 21 heavy (non-hydrogen) atoms. The first kappa shape index (κ1) is 14.7. The normalized spacial score (nSPS) is 29.5. The highest BCUT2D eigenvalue weighted by molar-refractivity contribution is 5.38. The first-order chi connectivity index (χ1) is 10.2. The number of fused-ring (bicyclic) bond motifs is 1. The van der Waals surface area contributed by atoms with E-state index in [0.717, 1.165) is 45.0 Å². The average Bonchev–Trinajstić information content (AvgIpc) is 2.53. The highest BCUT2D eigenvalue weighted by atomic mass is 16.5. The molecule has 0 aromatic carbocycles. The predicted octanol–water partition coefficient (Wildman–Crippen LogP) is 2.28. The zero-order valence-electron chi connectivity index (χ0n) is 13.0. The molecule has 2 atom stereocenters. The summed E-state index contributed by atoms with van der Waals surface area (Å²) in [6, 6.07) is 1.99. The van der Waals surface area contributed by atoms with Gasteiger partial charge < -0.3 is 14.4 Å². The Morgan fingerprint density at radius 2 is 2.43 bits per heavy atom.